The number of nitrogens with zero attached hydrogens (tertiary/aromatic N) is 1. The van der Waals surface area contributed by atoms with E-state index in [9.17, 15) is 4.79 Å². The van der Waals surface area contributed by atoms with Crippen LogP contribution in [-0.2, 0) is 4.79 Å². The van der Waals surface area contributed by atoms with E-state index in [2.05, 4.69) is 15.5 Å². The summed E-state index contributed by atoms with van der Waals surface area (Å²) in [6, 6.07) is 21.6. The summed E-state index contributed by atoms with van der Waals surface area (Å²) < 4.78 is 5.54. The predicted molar refractivity (Wildman–Crippen MR) is 103 cm³/mol. The minimum Gasteiger partial charge on any atom is -0.484 e. The van der Waals surface area contributed by atoms with E-state index in [1.54, 1.807) is 6.21 Å². The van der Waals surface area contributed by atoms with Crippen LogP contribution in [0.5, 0.6) is 5.75 Å². The van der Waals surface area contributed by atoms with Crippen molar-refractivity contribution in [1.82, 2.24) is 10.4 Å². The number of carbonyl (C=O) groups excluding carboxylic acids is 1. The molecule has 0 atom stereocenters. The topological polar surface area (TPSA) is 66.5 Å². The van der Waals surface area contributed by atoms with Crippen molar-refractivity contribution >= 4 is 33.8 Å². The fourth-order valence-electron chi connectivity index (χ4n) is 2.81. The van der Waals surface area contributed by atoms with Crippen LogP contribution >= 0.6 is 0 Å². The monoisotopic (exact) mass is 343 g/mol. The summed E-state index contributed by atoms with van der Waals surface area (Å²) in [6.45, 7) is -0.0937. The number of rotatable bonds is 5. The molecule has 0 saturated heterocycles. The molecule has 1 aromatic heterocycles. The molecule has 5 nitrogen and oxygen atoms in total. The minimum absolute atomic E-state index is 0.0937. The first kappa shape index (κ1) is 15.9. The molecule has 3 aromatic carbocycles. The number of nitrogens with one attached hydrogen (secondary N) is 2. The molecule has 0 bridgehead atoms. The molecule has 0 aliphatic carbocycles. The zero-order chi connectivity index (χ0) is 17.8. The second-order valence-electron chi connectivity index (χ2n) is 5.88. The summed E-state index contributed by atoms with van der Waals surface area (Å²) >= 11 is 0. The van der Waals surface area contributed by atoms with Gasteiger partial charge in [-0.2, -0.15) is 5.10 Å². The van der Waals surface area contributed by atoms with E-state index in [1.807, 2.05) is 72.9 Å². The number of para-hydroxylation sites is 1. The average molecular weight is 343 g/mol. The van der Waals surface area contributed by atoms with Gasteiger partial charge in [0.2, 0.25) is 0 Å². The third-order valence-corrected chi connectivity index (χ3v) is 4.10. The van der Waals surface area contributed by atoms with Gasteiger partial charge in [0.15, 0.2) is 6.61 Å². The summed E-state index contributed by atoms with van der Waals surface area (Å²) in [6.07, 6.45) is 3.47. The first-order valence-corrected chi connectivity index (χ1v) is 8.29. The number of hydrazone groups is 1. The lowest BCUT2D eigenvalue weighted by molar-refractivity contribution is -0.123. The third-order valence-electron chi connectivity index (χ3n) is 4.10. The number of ether oxygens (including phenoxy) is 1. The van der Waals surface area contributed by atoms with Gasteiger partial charge in [0.25, 0.3) is 5.91 Å². The SMILES string of the molecule is O=C(COc1ccc2ccccc2c1)NN=Cc1c[nH]c2ccccc12. The Kier molecular flexibility index (Phi) is 4.35. The van der Waals surface area contributed by atoms with Crippen LogP contribution in [0, 0.1) is 0 Å². The zero-order valence-electron chi connectivity index (χ0n) is 14.0. The highest BCUT2D eigenvalue weighted by atomic mass is 16.5. The van der Waals surface area contributed by atoms with Crippen molar-refractivity contribution in [2.45, 2.75) is 0 Å². The third kappa shape index (κ3) is 3.42. The maximum Gasteiger partial charge on any atom is 0.277 e. The number of amides is 1. The van der Waals surface area contributed by atoms with Gasteiger partial charge in [-0.05, 0) is 29.0 Å². The van der Waals surface area contributed by atoms with Crippen LogP contribution in [0.15, 0.2) is 78.0 Å². The van der Waals surface area contributed by atoms with Gasteiger partial charge in [-0.25, -0.2) is 5.43 Å². The number of fused-ring (bicyclic) bond motifs is 2. The number of aromatic nitrogens is 1. The number of H-pyrrole nitrogens is 1. The maximum absolute atomic E-state index is 11.9. The zero-order valence-corrected chi connectivity index (χ0v) is 14.0. The molecule has 0 aliphatic rings. The number of hydrogen-bond donors (Lipinski definition) is 2. The average Bonchev–Trinajstić information content (AvgIpc) is 3.09. The standard InChI is InChI=1S/C21H17N3O2/c25-21(14-26-18-10-9-15-5-1-2-6-16(15)11-18)24-23-13-17-12-22-20-8-4-3-7-19(17)20/h1-13,22H,14H2,(H,24,25). The normalized spacial score (nSPS) is 11.2. The Balaban J connectivity index is 1.34. The lowest BCUT2D eigenvalue weighted by Crippen LogP contribution is -2.24. The van der Waals surface area contributed by atoms with E-state index in [0.29, 0.717) is 5.75 Å². The van der Waals surface area contributed by atoms with Crippen molar-refractivity contribution < 1.29 is 9.53 Å². The van der Waals surface area contributed by atoms with Gasteiger partial charge < -0.3 is 9.72 Å². The van der Waals surface area contributed by atoms with Crippen molar-refractivity contribution in [1.29, 1.82) is 0 Å². The van der Waals surface area contributed by atoms with Gasteiger partial charge in [-0.1, -0.05) is 48.5 Å². The second-order valence-corrected chi connectivity index (χ2v) is 5.88. The van der Waals surface area contributed by atoms with E-state index < -0.39 is 0 Å². The molecule has 4 aromatic rings. The molecule has 5 heteroatoms. The first-order chi connectivity index (χ1) is 12.8. The van der Waals surface area contributed by atoms with Crippen LogP contribution in [0.1, 0.15) is 5.56 Å². The van der Waals surface area contributed by atoms with Crippen molar-refractivity contribution in [3.63, 3.8) is 0 Å². The fourth-order valence-corrected chi connectivity index (χ4v) is 2.81. The highest BCUT2D eigenvalue weighted by molar-refractivity contribution is 5.99. The molecule has 0 unspecified atom stereocenters. The summed E-state index contributed by atoms with van der Waals surface area (Å²) in [5.74, 6) is 0.341. The molecule has 1 heterocycles. The Bertz CT molecular complexity index is 1100. The lowest BCUT2D eigenvalue weighted by Gasteiger charge is -2.06. The summed E-state index contributed by atoms with van der Waals surface area (Å²) in [5.41, 5.74) is 4.43. The molecule has 0 saturated carbocycles. The van der Waals surface area contributed by atoms with E-state index in [-0.39, 0.29) is 12.5 Å². The first-order valence-electron chi connectivity index (χ1n) is 8.29. The molecule has 4 rings (SSSR count). The number of benzene rings is 3. The molecule has 0 radical (unpaired) electrons. The van der Waals surface area contributed by atoms with Crippen LogP contribution in [0.25, 0.3) is 21.7 Å². The van der Waals surface area contributed by atoms with Crippen LogP contribution in [-0.4, -0.2) is 23.7 Å². The summed E-state index contributed by atoms with van der Waals surface area (Å²) in [4.78, 5) is 15.1. The Labute approximate surface area is 150 Å². The number of hydrogen-bond acceptors (Lipinski definition) is 3. The van der Waals surface area contributed by atoms with E-state index in [4.69, 9.17) is 4.74 Å². The van der Waals surface area contributed by atoms with Crippen molar-refractivity contribution in [3.8, 4) is 5.75 Å². The van der Waals surface area contributed by atoms with E-state index in [1.165, 1.54) is 0 Å². The predicted octanol–water partition coefficient (Wildman–Crippen LogP) is 3.85. The van der Waals surface area contributed by atoms with Gasteiger partial charge >= 0.3 is 0 Å². The van der Waals surface area contributed by atoms with E-state index >= 15 is 0 Å². The molecule has 0 spiro atoms. The maximum atomic E-state index is 11.9. The number of aromatic amines is 1. The largest absolute Gasteiger partial charge is 0.484 e. The second kappa shape index (κ2) is 7.11. The molecule has 0 aliphatic heterocycles. The van der Waals surface area contributed by atoms with Gasteiger partial charge in [0.1, 0.15) is 5.75 Å². The van der Waals surface area contributed by atoms with E-state index in [0.717, 1.165) is 27.2 Å². The van der Waals surface area contributed by atoms with Crippen LogP contribution in [0.2, 0.25) is 0 Å². The Morgan fingerprint density at radius 3 is 2.77 bits per heavy atom. The molecule has 128 valence electrons. The molecule has 0 fully saturated rings. The Hall–Kier alpha value is -3.60. The minimum atomic E-state index is -0.311. The summed E-state index contributed by atoms with van der Waals surface area (Å²) in [5, 5.41) is 7.26. The molecule has 2 N–H and O–H groups in total. The quantitative estimate of drug-likeness (QED) is 0.427. The Morgan fingerprint density at radius 1 is 1.04 bits per heavy atom. The highest BCUT2D eigenvalue weighted by Gasteiger charge is 2.03. The van der Waals surface area contributed by atoms with Crippen molar-refractivity contribution in [3.05, 3.63) is 78.5 Å². The fraction of sp³-hybridized carbons (Fsp3) is 0.0476. The smallest absolute Gasteiger partial charge is 0.277 e. The van der Waals surface area contributed by atoms with Crippen LogP contribution in [0.4, 0.5) is 0 Å². The molecule has 26 heavy (non-hydrogen) atoms. The van der Waals surface area contributed by atoms with Gasteiger partial charge in [0, 0.05) is 22.7 Å². The van der Waals surface area contributed by atoms with Gasteiger partial charge in [0.05, 0.1) is 6.21 Å². The Morgan fingerprint density at radius 2 is 1.85 bits per heavy atom. The molecular weight excluding hydrogens is 326 g/mol. The van der Waals surface area contributed by atoms with Crippen molar-refractivity contribution in [2.75, 3.05) is 6.61 Å². The molecule has 1 amide bonds. The van der Waals surface area contributed by atoms with Gasteiger partial charge in [-0.15, -0.1) is 0 Å². The lowest BCUT2D eigenvalue weighted by atomic mass is 10.1. The molecular formula is C21H17N3O2. The van der Waals surface area contributed by atoms with Gasteiger partial charge in [-0.3, -0.25) is 4.79 Å². The highest BCUT2D eigenvalue weighted by Crippen LogP contribution is 2.20. The number of carbonyl (C=O) groups is 1. The van der Waals surface area contributed by atoms with Crippen molar-refractivity contribution in [2.24, 2.45) is 5.10 Å². The van der Waals surface area contributed by atoms with Crippen LogP contribution in [0.3, 0.4) is 0 Å². The summed E-state index contributed by atoms with van der Waals surface area (Å²) in [7, 11) is 0. The van der Waals surface area contributed by atoms with Crippen LogP contribution < -0.4 is 10.2 Å².